The van der Waals surface area contributed by atoms with Gasteiger partial charge in [0.2, 0.25) is 0 Å². The maximum atomic E-state index is 14.0. The Morgan fingerprint density at radius 1 is 1.38 bits per heavy atom. The average Bonchev–Trinajstić information content (AvgIpc) is 2.99. The Hall–Kier alpha value is -2.55. The number of para-hydroxylation sites is 1. The molecule has 2 atom stereocenters. The van der Waals surface area contributed by atoms with Gasteiger partial charge in [0, 0.05) is 25.1 Å². The van der Waals surface area contributed by atoms with Gasteiger partial charge in [-0.25, -0.2) is 13.2 Å². The maximum absolute atomic E-state index is 14.0. The Labute approximate surface area is 147 Å². The van der Waals surface area contributed by atoms with Gasteiger partial charge in [0.25, 0.3) is 6.43 Å². The summed E-state index contributed by atoms with van der Waals surface area (Å²) in [6.07, 6.45) is -3.56. The molecule has 4 rings (SSSR count). The van der Waals surface area contributed by atoms with Crippen molar-refractivity contribution < 1.29 is 23.0 Å². The summed E-state index contributed by atoms with van der Waals surface area (Å²) in [5.41, 5.74) is -0.424. The molecular weight excluding hydrogens is 349 g/mol. The van der Waals surface area contributed by atoms with Crippen LogP contribution in [-0.4, -0.2) is 53.6 Å². The molecule has 2 aliphatic heterocycles. The molecule has 0 amide bonds. The fraction of sp³-hybridized carbons (Fsp3) is 0.412. The van der Waals surface area contributed by atoms with Crippen LogP contribution in [0.2, 0.25) is 0 Å². The Bertz CT molecular complexity index is 851. The minimum atomic E-state index is -2.65. The first-order valence-electron chi connectivity index (χ1n) is 8.14. The number of benzene rings is 1. The molecule has 3 heterocycles. The second kappa shape index (κ2) is 6.01. The van der Waals surface area contributed by atoms with Crippen LogP contribution < -0.4 is 15.0 Å². The van der Waals surface area contributed by atoms with Crippen molar-refractivity contribution in [1.29, 1.82) is 0 Å². The van der Waals surface area contributed by atoms with Crippen molar-refractivity contribution in [3.8, 4) is 17.0 Å². The van der Waals surface area contributed by atoms with Crippen LogP contribution in [0.25, 0.3) is 11.3 Å². The zero-order valence-corrected chi connectivity index (χ0v) is 13.9. The SMILES string of the molecule is COc1c(F)cccc1-c1cc2c(nn1)NC[C@@]1(C(F)F)C[C@@H](O)CN21. The van der Waals surface area contributed by atoms with E-state index >= 15 is 0 Å². The second-order valence-corrected chi connectivity index (χ2v) is 6.51. The van der Waals surface area contributed by atoms with E-state index in [9.17, 15) is 18.3 Å². The predicted octanol–water partition coefficient (Wildman–Crippen LogP) is 2.29. The number of aliphatic hydroxyl groups excluding tert-OH is 1. The summed E-state index contributed by atoms with van der Waals surface area (Å²) in [5, 5.41) is 21.0. The Morgan fingerprint density at radius 2 is 2.19 bits per heavy atom. The van der Waals surface area contributed by atoms with E-state index in [0.717, 1.165) is 0 Å². The van der Waals surface area contributed by atoms with E-state index in [1.807, 2.05) is 0 Å². The summed E-state index contributed by atoms with van der Waals surface area (Å²) >= 11 is 0. The molecule has 9 heteroatoms. The minimum absolute atomic E-state index is 0.00657. The van der Waals surface area contributed by atoms with E-state index < -0.39 is 23.9 Å². The van der Waals surface area contributed by atoms with Gasteiger partial charge in [-0.1, -0.05) is 6.07 Å². The largest absolute Gasteiger partial charge is 0.493 e. The highest BCUT2D eigenvalue weighted by Gasteiger charge is 2.54. The molecular formula is C17H17F3N4O2. The lowest BCUT2D eigenvalue weighted by Gasteiger charge is -2.43. The molecule has 1 fully saturated rings. The Kier molecular flexibility index (Phi) is 3.91. The van der Waals surface area contributed by atoms with Crippen LogP contribution in [0.3, 0.4) is 0 Å². The zero-order chi connectivity index (χ0) is 18.5. The molecule has 0 unspecified atom stereocenters. The Morgan fingerprint density at radius 3 is 2.92 bits per heavy atom. The van der Waals surface area contributed by atoms with Crippen LogP contribution in [0.15, 0.2) is 24.3 Å². The number of hydrogen-bond donors (Lipinski definition) is 2. The highest BCUT2D eigenvalue weighted by atomic mass is 19.3. The van der Waals surface area contributed by atoms with E-state index in [1.54, 1.807) is 12.1 Å². The predicted molar refractivity (Wildman–Crippen MR) is 89.2 cm³/mol. The third-order valence-electron chi connectivity index (χ3n) is 5.00. The third-order valence-corrected chi connectivity index (χ3v) is 5.00. The topological polar surface area (TPSA) is 70.5 Å². The number of β-amino-alcohol motifs (C(OH)–C–C–N with tert-alkyl or cyclic N) is 1. The molecule has 2 N–H and O–H groups in total. The number of fused-ring (bicyclic) bond motifs is 3. The van der Waals surface area contributed by atoms with Gasteiger partial charge in [0.1, 0.15) is 5.54 Å². The van der Waals surface area contributed by atoms with Crippen LogP contribution in [-0.2, 0) is 0 Å². The average molecular weight is 366 g/mol. The molecule has 1 aromatic heterocycles. The lowest BCUT2D eigenvalue weighted by atomic mass is 9.93. The number of nitrogens with zero attached hydrogens (tertiary/aromatic N) is 3. The van der Waals surface area contributed by atoms with E-state index in [-0.39, 0.29) is 25.3 Å². The lowest BCUT2D eigenvalue weighted by Crippen LogP contribution is -2.57. The quantitative estimate of drug-likeness (QED) is 0.869. The van der Waals surface area contributed by atoms with E-state index in [2.05, 4.69) is 15.5 Å². The molecule has 0 radical (unpaired) electrons. The summed E-state index contributed by atoms with van der Waals surface area (Å²) in [6.45, 7) is 0.0382. The fourth-order valence-corrected chi connectivity index (χ4v) is 3.77. The highest BCUT2D eigenvalue weighted by molar-refractivity contribution is 5.78. The molecule has 2 aliphatic rings. The molecule has 26 heavy (non-hydrogen) atoms. The molecule has 0 spiro atoms. The molecule has 6 nitrogen and oxygen atoms in total. The van der Waals surface area contributed by atoms with Gasteiger partial charge in [-0.05, 0) is 18.2 Å². The van der Waals surface area contributed by atoms with Crippen molar-refractivity contribution in [3.63, 3.8) is 0 Å². The van der Waals surface area contributed by atoms with Gasteiger partial charge in [-0.15, -0.1) is 10.2 Å². The summed E-state index contributed by atoms with van der Waals surface area (Å²) in [4.78, 5) is 1.48. The van der Waals surface area contributed by atoms with Gasteiger partial charge in [0.05, 0.1) is 24.6 Å². The minimum Gasteiger partial charge on any atom is -0.493 e. The van der Waals surface area contributed by atoms with Crippen molar-refractivity contribution in [2.24, 2.45) is 0 Å². The van der Waals surface area contributed by atoms with Crippen molar-refractivity contribution >= 4 is 11.5 Å². The van der Waals surface area contributed by atoms with E-state index in [1.165, 1.54) is 24.1 Å². The molecule has 0 aliphatic carbocycles. The number of halogens is 3. The smallest absolute Gasteiger partial charge is 0.263 e. The monoisotopic (exact) mass is 366 g/mol. The van der Waals surface area contributed by atoms with Gasteiger partial charge in [-0.3, -0.25) is 0 Å². The zero-order valence-electron chi connectivity index (χ0n) is 13.9. The summed E-state index contributed by atoms with van der Waals surface area (Å²) in [7, 11) is 1.34. The standard InChI is InChI=1S/C17H17F3N4O2/c1-26-14-10(3-2-4-11(14)18)12-5-13-15(23-22-12)21-8-17(16(19)20)6-9(25)7-24(13)17/h2-5,9,16,25H,6-8H2,1H3,(H,21,23)/t9-,17-/m1/s1. The van der Waals surface area contributed by atoms with Gasteiger partial charge in [-0.2, -0.15) is 0 Å². The molecule has 2 aromatic rings. The number of nitrogens with one attached hydrogen (secondary N) is 1. The molecule has 0 bridgehead atoms. The highest BCUT2D eigenvalue weighted by Crippen LogP contribution is 2.45. The summed E-state index contributed by atoms with van der Waals surface area (Å²) in [6, 6.07) is 5.96. The third kappa shape index (κ3) is 2.38. The van der Waals surface area contributed by atoms with Crippen LogP contribution in [0, 0.1) is 5.82 Å². The van der Waals surface area contributed by atoms with Crippen LogP contribution >= 0.6 is 0 Å². The van der Waals surface area contributed by atoms with Gasteiger partial charge < -0.3 is 20.1 Å². The number of alkyl halides is 2. The van der Waals surface area contributed by atoms with Crippen LogP contribution in [0.1, 0.15) is 6.42 Å². The van der Waals surface area contributed by atoms with E-state index in [0.29, 0.717) is 22.8 Å². The fourth-order valence-electron chi connectivity index (χ4n) is 3.77. The number of hydrogen-bond acceptors (Lipinski definition) is 6. The number of ether oxygens (including phenoxy) is 1. The van der Waals surface area contributed by atoms with Crippen molar-refractivity contribution in [2.75, 3.05) is 30.4 Å². The Balaban J connectivity index is 1.83. The van der Waals surface area contributed by atoms with Crippen LogP contribution in [0.4, 0.5) is 24.7 Å². The number of methoxy groups -OCH3 is 1. The molecule has 1 aromatic carbocycles. The normalized spacial score (nSPS) is 24.2. The van der Waals surface area contributed by atoms with Gasteiger partial charge in [0.15, 0.2) is 17.4 Å². The first-order valence-corrected chi connectivity index (χ1v) is 8.14. The summed E-state index contributed by atoms with van der Waals surface area (Å²) in [5.74, 6) is -0.192. The number of aromatic nitrogens is 2. The van der Waals surface area contributed by atoms with Crippen molar-refractivity contribution in [3.05, 3.63) is 30.1 Å². The number of rotatable bonds is 3. The number of aliphatic hydroxyl groups is 1. The number of anilines is 2. The molecule has 1 saturated heterocycles. The lowest BCUT2D eigenvalue weighted by molar-refractivity contribution is 0.0509. The molecule has 0 saturated carbocycles. The summed E-state index contributed by atoms with van der Waals surface area (Å²) < 4.78 is 46.7. The molecule has 138 valence electrons. The first-order chi connectivity index (χ1) is 12.5. The van der Waals surface area contributed by atoms with Crippen molar-refractivity contribution in [1.82, 2.24) is 10.2 Å². The van der Waals surface area contributed by atoms with Crippen molar-refractivity contribution in [2.45, 2.75) is 24.5 Å². The van der Waals surface area contributed by atoms with E-state index in [4.69, 9.17) is 4.74 Å². The van der Waals surface area contributed by atoms with Gasteiger partial charge >= 0.3 is 0 Å². The first kappa shape index (κ1) is 16.9. The maximum Gasteiger partial charge on any atom is 0.263 e. The van der Waals surface area contributed by atoms with Crippen LogP contribution in [0.5, 0.6) is 5.75 Å². The second-order valence-electron chi connectivity index (χ2n) is 6.51.